The van der Waals surface area contributed by atoms with Crippen molar-refractivity contribution >= 4 is 17.8 Å². The number of aliphatic carboxylic acids is 1. The number of ketones is 1. The second-order valence-corrected chi connectivity index (χ2v) is 3.38. The second kappa shape index (κ2) is 6.23. The average molecular weight is 229 g/mol. The highest BCUT2D eigenvalue weighted by Gasteiger charge is 2.04. The van der Waals surface area contributed by atoms with Crippen LogP contribution >= 0.6 is 0 Å². The largest absolute Gasteiger partial charge is 0.481 e. The Kier molecular flexibility index (Phi) is 4.64. The molecule has 0 aliphatic carbocycles. The highest BCUT2D eigenvalue weighted by molar-refractivity contribution is 5.97. The predicted octanol–water partition coefficient (Wildman–Crippen LogP) is 2.27. The van der Waals surface area contributed by atoms with Crippen molar-refractivity contribution in [3.05, 3.63) is 41.5 Å². The summed E-state index contributed by atoms with van der Waals surface area (Å²) < 4.78 is 0. The average Bonchev–Trinajstić information content (AvgIpc) is 2.29. The van der Waals surface area contributed by atoms with Gasteiger partial charge in [0.25, 0.3) is 0 Å². The molecule has 86 valence electrons. The summed E-state index contributed by atoms with van der Waals surface area (Å²) in [6, 6.07) is 8.53. The van der Waals surface area contributed by atoms with Crippen LogP contribution in [0, 0.1) is 11.3 Å². The lowest BCUT2D eigenvalue weighted by Gasteiger charge is -1.98. The minimum absolute atomic E-state index is 0.0592. The van der Waals surface area contributed by atoms with Gasteiger partial charge >= 0.3 is 5.97 Å². The van der Waals surface area contributed by atoms with Crippen LogP contribution in [0.1, 0.15) is 28.8 Å². The molecule has 0 saturated carbocycles. The van der Waals surface area contributed by atoms with Crippen LogP contribution in [0.15, 0.2) is 30.3 Å². The van der Waals surface area contributed by atoms with Gasteiger partial charge in [-0.05, 0) is 11.6 Å². The van der Waals surface area contributed by atoms with Gasteiger partial charge in [-0.15, -0.1) is 0 Å². The summed E-state index contributed by atoms with van der Waals surface area (Å²) in [6.07, 6.45) is 2.94. The normalized spacial score (nSPS) is 10.1. The van der Waals surface area contributed by atoms with E-state index in [1.807, 2.05) is 0 Å². The standard InChI is InChI=1S/C13H11NO3/c14-8-7-12(15)11-5-1-3-10(9-11)4-2-6-13(16)17/h1-5,9H,6-7H2,(H,16,17). The van der Waals surface area contributed by atoms with E-state index in [2.05, 4.69) is 0 Å². The zero-order chi connectivity index (χ0) is 12.7. The summed E-state index contributed by atoms with van der Waals surface area (Å²) in [7, 11) is 0. The van der Waals surface area contributed by atoms with E-state index in [-0.39, 0.29) is 18.6 Å². The number of Topliss-reactive ketones (excluding diaryl/α,β-unsaturated/α-hetero) is 1. The predicted molar refractivity (Wildman–Crippen MR) is 62.3 cm³/mol. The van der Waals surface area contributed by atoms with Gasteiger partial charge in [0.05, 0.1) is 18.9 Å². The van der Waals surface area contributed by atoms with Crippen molar-refractivity contribution in [2.75, 3.05) is 0 Å². The molecule has 0 aliphatic rings. The summed E-state index contributed by atoms with van der Waals surface area (Å²) in [5.74, 6) is -1.14. The molecule has 4 nitrogen and oxygen atoms in total. The number of nitrogens with zero attached hydrogens (tertiary/aromatic N) is 1. The molecule has 0 heterocycles. The fourth-order valence-corrected chi connectivity index (χ4v) is 1.29. The zero-order valence-electron chi connectivity index (χ0n) is 9.09. The van der Waals surface area contributed by atoms with Gasteiger partial charge in [0, 0.05) is 5.56 Å². The first-order valence-corrected chi connectivity index (χ1v) is 5.02. The SMILES string of the molecule is N#CCC(=O)c1cccc(C=CCC(=O)O)c1. The van der Waals surface area contributed by atoms with E-state index in [9.17, 15) is 9.59 Å². The highest BCUT2D eigenvalue weighted by Crippen LogP contribution is 2.09. The van der Waals surface area contributed by atoms with Crippen molar-refractivity contribution in [1.29, 1.82) is 5.26 Å². The molecule has 1 rings (SSSR count). The molecule has 0 radical (unpaired) electrons. The molecule has 0 spiro atoms. The van der Waals surface area contributed by atoms with Gasteiger partial charge in [0.1, 0.15) is 0 Å². The van der Waals surface area contributed by atoms with Crippen LogP contribution in [0.25, 0.3) is 6.08 Å². The number of carbonyl (C=O) groups is 2. The van der Waals surface area contributed by atoms with Gasteiger partial charge in [-0.3, -0.25) is 9.59 Å². The van der Waals surface area contributed by atoms with Crippen LogP contribution in [0.3, 0.4) is 0 Å². The molecule has 0 aromatic heterocycles. The Labute approximate surface area is 98.8 Å². The molecule has 1 aromatic carbocycles. The van der Waals surface area contributed by atoms with E-state index in [0.29, 0.717) is 5.56 Å². The third-order valence-corrected chi connectivity index (χ3v) is 2.05. The molecule has 0 bridgehead atoms. The fourth-order valence-electron chi connectivity index (χ4n) is 1.29. The summed E-state index contributed by atoms with van der Waals surface area (Å²) in [4.78, 5) is 21.7. The van der Waals surface area contributed by atoms with Gasteiger partial charge in [-0.1, -0.05) is 30.4 Å². The highest BCUT2D eigenvalue weighted by atomic mass is 16.4. The van der Waals surface area contributed by atoms with Crippen LogP contribution in [-0.2, 0) is 4.79 Å². The zero-order valence-corrected chi connectivity index (χ0v) is 9.09. The molecule has 0 fully saturated rings. The maximum Gasteiger partial charge on any atom is 0.307 e. The monoisotopic (exact) mass is 229 g/mol. The Hall–Kier alpha value is -2.41. The van der Waals surface area contributed by atoms with Gasteiger partial charge in [-0.2, -0.15) is 5.26 Å². The lowest BCUT2D eigenvalue weighted by Crippen LogP contribution is -1.97. The molecule has 1 N–H and O–H groups in total. The van der Waals surface area contributed by atoms with Crippen LogP contribution in [-0.4, -0.2) is 16.9 Å². The molecule has 0 amide bonds. The molecule has 1 aromatic rings. The van der Waals surface area contributed by atoms with E-state index in [0.717, 1.165) is 5.56 Å². The molecule has 0 aliphatic heterocycles. The van der Waals surface area contributed by atoms with Crippen LogP contribution in [0.2, 0.25) is 0 Å². The van der Waals surface area contributed by atoms with Crippen molar-refractivity contribution in [3.63, 3.8) is 0 Å². The summed E-state index contributed by atoms with van der Waals surface area (Å²) >= 11 is 0. The van der Waals surface area contributed by atoms with Gasteiger partial charge in [0.15, 0.2) is 5.78 Å². The maximum atomic E-state index is 11.4. The number of hydrogen-bond donors (Lipinski definition) is 1. The quantitative estimate of drug-likeness (QED) is 0.785. The van der Waals surface area contributed by atoms with Crippen LogP contribution in [0.4, 0.5) is 0 Å². The summed E-state index contributed by atoms with van der Waals surface area (Å²) in [6.45, 7) is 0. The fraction of sp³-hybridized carbons (Fsp3) is 0.154. The van der Waals surface area contributed by atoms with Gasteiger partial charge in [0.2, 0.25) is 0 Å². The van der Waals surface area contributed by atoms with E-state index >= 15 is 0 Å². The first kappa shape index (κ1) is 12.7. The first-order valence-electron chi connectivity index (χ1n) is 5.02. The second-order valence-electron chi connectivity index (χ2n) is 3.38. The Bertz CT molecular complexity index is 498. The number of nitriles is 1. The van der Waals surface area contributed by atoms with Crippen LogP contribution < -0.4 is 0 Å². The number of carboxylic acid groups (broad SMARTS) is 1. The molecule has 4 heteroatoms. The van der Waals surface area contributed by atoms with E-state index in [1.165, 1.54) is 6.08 Å². The lowest BCUT2D eigenvalue weighted by atomic mass is 10.1. The van der Waals surface area contributed by atoms with E-state index in [1.54, 1.807) is 36.4 Å². The Morgan fingerprint density at radius 3 is 2.82 bits per heavy atom. The van der Waals surface area contributed by atoms with Crippen molar-refractivity contribution < 1.29 is 14.7 Å². The van der Waals surface area contributed by atoms with Gasteiger partial charge in [-0.25, -0.2) is 0 Å². The van der Waals surface area contributed by atoms with Crippen molar-refractivity contribution in [2.24, 2.45) is 0 Å². The first-order chi connectivity index (χ1) is 8.13. The minimum Gasteiger partial charge on any atom is -0.481 e. The maximum absolute atomic E-state index is 11.4. The number of benzene rings is 1. The molecular weight excluding hydrogens is 218 g/mol. The van der Waals surface area contributed by atoms with Crippen LogP contribution in [0.5, 0.6) is 0 Å². The number of hydrogen-bond acceptors (Lipinski definition) is 3. The Balaban J connectivity index is 2.79. The smallest absolute Gasteiger partial charge is 0.307 e. The number of carbonyl (C=O) groups excluding carboxylic acids is 1. The summed E-state index contributed by atoms with van der Waals surface area (Å²) in [5.41, 5.74) is 1.21. The molecular formula is C13H11NO3. The lowest BCUT2D eigenvalue weighted by molar-refractivity contribution is -0.135. The molecule has 0 atom stereocenters. The molecule has 17 heavy (non-hydrogen) atoms. The topological polar surface area (TPSA) is 78.2 Å². The van der Waals surface area contributed by atoms with E-state index in [4.69, 9.17) is 10.4 Å². The van der Waals surface area contributed by atoms with Gasteiger partial charge < -0.3 is 5.11 Å². The Morgan fingerprint density at radius 2 is 2.18 bits per heavy atom. The third kappa shape index (κ3) is 4.31. The van der Waals surface area contributed by atoms with E-state index < -0.39 is 5.97 Å². The summed E-state index contributed by atoms with van der Waals surface area (Å²) in [5, 5.41) is 16.9. The number of carboxylic acids is 1. The van der Waals surface area contributed by atoms with Crippen molar-refractivity contribution in [2.45, 2.75) is 12.8 Å². The van der Waals surface area contributed by atoms with Crippen molar-refractivity contribution in [1.82, 2.24) is 0 Å². The number of rotatable bonds is 5. The third-order valence-electron chi connectivity index (χ3n) is 2.05. The molecule has 0 unspecified atom stereocenters. The van der Waals surface area contributed by atoms with Crippen molar-refractivity contribution in [3.8, 4) is 6.07 Å². The minimum atomic E-state index is -0.905. The molecule has 0 saturated heterocycles. The Morgan fingerprint density at radius 1 is 1.41 bits per heavy atom.